The Kier molecular flexibility index (Phi) is 6.59. The fourth-order valence-electron chi connectivity index (χ4n) is 3.90. The van der Waals surface area contributed by atoms with Crippen LogP contribution in [-0.2, 0) is 4.74 Å². The van der Waals surface area contributed by atoms with Crippen molar-refractivity contribution in [3.8, 4) is 11.3 Å². The fourth-order valence-corrected chi connectivity index (χ4v) is 3.90. The van der Waals surface area contributed by atoms with Gasteiger partial charge in [-0.05, 0) is 25.7 Å². The number of hydrogen-bond donors (Lipinski definition) is 2. The third-order valence-corrected chi connectivity index (χ3v) is 5.87. The molecule has 0 amide bonds. The molecule has 30 heavy (non-hydrogen) atoms. The lowest BCUT2D eigenvalue weighted by molar-refractivity contribution is 0.0398. The summed E-state index contributed by atoms with van der Waals surface area (Å²) in [5, 5.41) is 3.23. The van der Waals surface area contributed by atoms with Gasteiger partial charge in [0.05, 0.1) is 24.6 Å². The van der Waals surface area contributed by atoms with E-state index >= 15 is 0 Å². The minimum Gasteiger partial charge on any atom is -0.379 e. The van der Waals surface area contributed by atoms with E-state index in [1.807, 2.05) is 6.92 Å². The Labute approximate surface area is 176 Å². The summed E-state index contributed by atoms with van der Waals surface area (Å²) >= 11 is 0. The van der Waals surface area contributed by atoms with E-state index in [0.717, 1.165) is 69.1 Å². The van der Waals surface area contributed by atoms with Crippen LogP contribution in [0.15, 0.2) is 17.1 Å². The van der Waals surface area contributed by atoms with Crippen LogP contribution in [-0.4, -0.2) is 77.3 Å². The minimum absolute atomic E-state index is 0.192. The van der Waals surface area contributed by atoms with E-state index in [0.29, 0.717) is 18.2 Å². The molecule has 0 radical (unpaired) electrons. The van der Waals surface area contributed by atoms with Gasteiger partial charge in [0, 0.05) is 57.1 Å². The lowest BCUT2D eigenvalue weighted by Crippen LogP contribution is -2.39. The number of aryl methyl sites for hydroxylation is 1. The molecule has 4 rings (SSSR count). The van der Waals surface area contributed by atoms with Gasteiger partial charge in [-0.25, -0.2) is 15.0 Å². The lowest BCUT2D eigenvalue weighted by atomic mass is 10.00. The van der Waals surface area contributed by atoms with Gasteiger partial charge in [0.25, 0.3) is 5.56 Å². The van der Waals surface area contributed by atoms with Crippen molar-refractivity contribution in [3.63, 3.8) is 0 Å². The fraction of sp³-hybridized carbons (Fsp3) is 0.619. The average molecular weight is 414 g/mol. The van der Waals surface area contributed by atoms with Crippen LogP contribution in [0.25, 0.3) is 11.3 Å². The van der Waals surface area contributed by atoms with E-state index in [4.69, 9.17) is 9.72 Å². The molecule has 2 aromatic rings. The summed E-state index contributed by atoms with van der Waals surface area (Å²) in [5.74, 6) is 1.99. The average Bonchev–Trinajstić information content (AvgIpc) is 2.74. The van der Waals surface area contributed by atoms with Crippen molar-refractivity contribution in [3.05, 3.63) is 28.3 Å². The zero-order chi connectivity index (χ0) is 20.9. The molecule has 2 saturated heterocycles. The van der Waals surface area contributed by atoms with Crippen molar-refractivity contribution in [1.82, 2.24) is 24.8 Å². The number of rotatable bonds is 6. The van der Waals surface area contributed by atoms with Gasteiger partial charge in [0.1, 0.15) is 0 Å². The van der Waals surface area contributed by atoms with Crippen molar-refractivity contribution in [2.75, 3.05) is 62.7 Å². The van der Waals surface area contributed by atoms with Crippen LogP contribution in [0.1, 0.15) is 25.5 Å². The first-order valence-corrected chi connectivity index (χ1v) is 10.8. The number of anilines is 2. The van der Waals surface area contributed by atoms with E-state index in [1.165, 1.54) is 18.9 Å². The van der Waals surface area contributed by atoms with Crippen molar-refractivity contribution >= 4 is 11.9 Å². The molecule has 2 fully saturated rings. The Balaban J connectivity index is 1.44. The summed E-state index contributed by atoms with van der Waals surface area (Å²) in [6, 6.07) is 1.50. The number of nitrogens with one attached hydrogen (secondary N) is 2. The molecule has 0 unspecified atom stereocenters. The number of aromatic amines is 1. The molecule has 0 spiro atoms. The maximum absolute atomic E-state index is 12.2. The van der Waals surface area contributed by atoms with E-state index in [-0.39, 0.29) is 5.56 Å². The number of morpholine rings is 1. The summed E-state index contributed by atoms with van der Waals surface area (Å²) in [5.41, 5.74) is 2.01. The molecular weight excluding hydrogens is 382 g/mol. The quantitative estimate of drug-likeness (QED) is 0.735. The molecule has 2 aliphatic rings. The second-order valence-corrected chi connectivity index (χ2v) is 8.20. The zero-order valence-electron chi connectivity index (χ0n) is 17.9. The highest BCUT2D eigenvalue weighted by Gasteiger charge is 2.19. The number of hydrogen-bond acceptors (Lipinski definition) is 8. The van der Waals surface area contributed by atoms with E-state index in [1.54, 1.807) is 6.20 Å². The molecule has 2 aliphatic heterocycles. The Morgan fingerprint density at radius 2 is 1.97 bits per heavy atom. The molecule has 162 valence electrons. The van der Waals surface area contributed by atoms with Crippen LogP contribution in [0.2, 0.25) is 0 Å². The predicted octanol–water partition coefficient (Wildman–Crippen LogP) is 1.52. The van der Waals surface area contributed by atoms with Gasteiger partial charge < -0.3 is 15.0 Å². The Bertz CT molecular complexity index is 902. The molecule has 9 nitrogen and oxygen atoms in total. The van der Waals surface area contributed by atoms with Crippen LogP contribution >= 0.6 is 0 Å². The molecule has 0 aliphatic carbocycles. The highest BCUT2D eigenvalue weighted by atomic mass is 16.5. The summed E-state index contributed by atoms with van der Waals surface area (Å²) in [4.78, 5) is 33.4. The standard InChI is InChI=1S/C21H31N7O2/c1-15-3-6-28(7-4-15)21-23-14-17(16(2)24-21)18-13-19(29)26-20(25-18)22-5-8-27-9-11-30-12-10-27/h13-15H,3-12H2,1-2H3,(H2,22,25,26,29). The maximum atomic E-state index is 12.2. The van der Waals surface area contributed by atoms with Crippen LogP contribution in [0, 0.1) is 12.8 Å². The zero-order valence-corrected chi connectivity index (χ0v) is 17.9. The van der Waals surface area contributed by atoms with Gasteiger partial charge in [-0.2, -0.15) is 0 Å². The molecule has 0 atom stereocenters. The summed E-state index contributed by atoms with van der Waals surface area (Å²) in [6.45, 7) is 11.2. The summed E-state index contributed by atoms with van der Waals surface area (Å²) in [7, 11) is 0. The second kappa shape index (κ2) is 9.53. The first-order chi connectivity index (χ1) is 14.6. The number of ether oxygens (including phenoxy) is 1. The van der Waals surface area contributed by atoms with Gasteiger partial charge in [0.2, 0.25) is 11.9 Å². The van der Waals surface area contributed by atoms with Crippen LogP contribution in [0.3, 0.4) is 0 Å². The molecule has 0 aromatic carbocycles. The van der Waals surface area contributed by atoms with Gasteiger partial charge in [-0.1, -0.05) is 6.92 Å². The predicted molar refractivity (Wildman–Crippen MR) is 117 cm³/mol. The largest absolute Gasteiger partial charge is 0.379 e. The summed E-state index contributed by atoms with van der Waals surface area (Å²) in [6.07, 6.45) is 4.12. The van der Waals surface area contributed by atoms with Gasteiger partial charge in [-0.3, -0.25) is 14.7 Å². The molecular formula is C21H31N7O2. The van der Waals surface area contributed by atoms with E-state index in [9.17, 15) is 4.79 Å². The molecule has 4 heterocycles. The topological polar surface area (TPSA) is 99.3 Å². The number of piperidine rings is 1. The highest BCUT2D eigenvalue weighted by molar-refractivity contribution is 5.62. The lowest BCUT2D eigenvalue weighted by Gasteiger charge is -2.30. The molecule has 2 aromatic heterocycles. The van der Waals surface area contributed by atoms with Crippen LogP contribution in [0.5, 0.6) is 0 Å². The van der Waals surface area contributed by atoms with Crippen molar-refractivity contribution < 1.29 is 4.74 Å². The van der Waals surface area contributed by atoms with Crippen LogP contribution < -0.4 is 15.8 Å². The third kappa shape index (κ3) is 5.14. The Morgan fingerprint density at radius 1 is 1.20 bits per heavy atom. The molecule has 9 heteroatoms. The van der Waals surface area contributed by atoms with E-state index < -0.39 is 0 Å². The first kappa shape index (κ1) is 20.7. The van der Waals surface area contributed by atoms with E-state index in [2.05, 4.69) is 37.0 Å². The minimum atomic E-state index is -0.192. The number of nitrogens with zero attached hydrogens (tertiary/aromatic N) is 5. The highest BCUT2D eigenvalue weighted by Crippen LogP contribution is 2.24. The van der Waals surface area contributed by atoms with Crippen molar-refractivity contribution in [2.45, 2.75) is 26.7 Å². The molecule has 2 N–H and O–H groups in total. The second-order valence-electron chi connectivity index (χ2n) is 8.20. The monoisotopic (exact) mass is 413 g/mol. The van der Waals surface area contributed by atoms with Gasteiger partial charge >= 0.3 is 0 Å². The van der Waals surface area contributed by atoms with Gasteiger partial charge in [0.15, 0.2) is 0 Å². The Morgan fingerprint density at radius 3 is 2.70 bits per heavy atom. The number of aromatic nitrogens is 4. The van der Waals surface area contributed by atoms with Gasteiger partial charge in [-0.15, -0.1) is 0 Å². The summed E-state index contributed by atoms with van der Waals surface area (Å²) < 4.78 is 5.37. The molecule has 0 saturated carbocycles. The SMILES string of the molecule is Cc1nc(N2CCC(C)CC2)ncc1-c1cc(=O)[nH]c(NCCN2CCOCC2)n1. The maximum Gasteiger partial charge on any atom is 0.252 e. The van der Waals surface area contributed by atoms with Crippen molar-refractivity contribution in [2.24, 2.45) is 5.92 Å². The smallest absolute Gasteiger partial charge is 0.252 e. The normalized spacial score (nSPS) is 18.5. The van der Waals surface area contributed by atoms with Crippen molar-refractivity contribution in [1.29, 1.82) is 0 Å². The first-order valence-electron chi connectivity index (χ1n) is 10.8. The Hall–Kier alpha value is -2.52. The third-order valence-electron chi connectivity index (χ3n) is 5.87. The van der Waals surface area contributed by atoms with Crippen LogP contribution in [0.4, 0.5) is 11.9 Å². The molecule has 0 bridgehead atoms. The number of H-pyrrole nitrogens is 1.